The third kappa shape index (κ3) is 2.43. The molecule has 2 nitrogen and oxygen atoms in total. The number of allylic oxidation sites excluding steroid dienone is 1. The van der Waals surface area contributed by atoms with Crippen LogP contribution >= 0.6 is 22.6 Å². The van der Waals surface area contributed by atoms with Crippen molar-refractivity contribution < 1.29 is 30.8 Å². The van der Waals surface area contributed by atoms with E-state index in [0.717, 1.165) is 38.0 Å². The van der Waals surface area contributed by atoms with Crippen LogP contribution in [0.3, 0.4) is 0 Å². The molecule has 4 heteroatoms. The number of hydrogen-bond donors (Lipinski definition) is 0. The van der Waals surface area contributed by atoms with Crippen LogP contribution in [0.5, 0.6) is 0 Å². The third-order valence-corrected chi connectivity index (χ3v) is 12.1. The quantitative estimate of drug-likeness (QED) is 0.366. The van der Waals surface area contributed by atoms with Gasteiger partial charge in [0.05, 0.1) is 0 Å². The zero-order valence-electron chi connectivity index (χ0n) is 13.9. The van der Waals surface area contributed by atoms with Crippen LogP contribution in [-0.4, -0.2) is 23.8 Å². The number of carbonyl (C=O) groups excluding carboxylic acids is 2. The molecule has 0 N–H and O–H groups in total. The monoisotopic (exact) mass is 539 g/mol. The summed E-state index contributed by atoms with van der Waals surface area (Å²) in [6.45, 7) is 2.32. The zero-order chi connectivity index (χ0) is 16.4. The first-order valence-electron chi connectivity index (χ1n) is 8.90. The van der Waals surface area contributed by atoms with Gasteiger partial charge in [0.25, 0.3) is 0 Å². The fraction of sp³-hybridized carbons (Fsp3) is 0.789. The van der Waals surface area contributed by atoms with Gasteiger partial charge in [-0.2, -0.15) is 0 Å². The van der Waals surface area contributed by atoms with Crippen molar-refractivity contribution in [3.05, 3.63) is 11.6 Å². The van der Waals surface area contributed by atoms with Crippen LogP contribution in [-0.2, 0) is 9.59 Å². The molecule has 0 aromatic carbocycles. The van der Waals surface area contributed by atoms with E-state index in [2.05, 4.69) is 34.4 Å². The van der Waals surface area contributed by atoms with Crippen molar-refractivity contribution in [1.29, 1.82) is 0 Å². The zero-order valence-corrected chi connectivity index (χ0v) is 18.2. The number of rotatable bonds is 1. The van der Waals surface area contributed by atoms with Gasteiger partial charge in [-0.25, -0.2) is 0 Å². The van der Waals surface area contributed by atoms with Crippen LogP contribution in [0.25, 0.3) is 0 Å². The van der Waals surface area contributed by atoms with Gasteiger partial charge >= 0.3 is 164 Å². The van der Waals surface area contributed by atoms with Gasteiger partial charge in [-0.05, 0) is 0 Å². The van der Waals surface area contributed by atoms with Crippen molar-refractivity contribution in [2.75, 3.05) is 4.93 Å². The van der Waals surface area contributed by atoms with Gasteiger partial charge < -0.3 is 0 Å². The van der Waals surface area contributed by atoms with E-state index in [4.69, 9.17) is 0 Å². The Bertz CT molecular complexity index is 584. The second kappa shape index (κ2) is 6.06. The Kier molecular flexibility index (Phi) is 4.47. The van der Waals surface area contributed by atoms with Gasteiger partial charge in [0.2, 0.25) is 0 Å². The molecule has 4 rings (SSSR count). The SMILES string of the molecule is C[I-]C12CC(I)C3C4CCC(=O)C=C4[C@@H](C)CC3C1CCC2=O. The molecule has 7 atom stereocenters. The molecule has 128 valence electrons. The molecule has 0 heterocycles. The third-order valence-electron chi connectivity index (χ3n) is 7.11. The molecule has 0 spiro atoms. The van der Waals surface area contributed by atoms with Gasteiger partial charge in [-0.15, -0.1) is 0 Å². The van der Waals surface area contributed by atoms with Crippen molar-refractivity contribution in [1.82, 2.24) is 0 Å². The van der Waals surface area contributed by atoms with Crippen LogP contribution in [0, 0.1) is 29.6 Å². The van der Waals surface area contributed by atoms with E-state index < -0.39 is 0 Å². The predicted octanol–water partition coefficient (Wildman–Crippen LogP) is 0.808. The first-order valence-corrected chi connectivity index (χ1v) is 13.4. The second-order valence-electron chi connectivity index (χ2n) is 7.97. The standard InChI is InChI=1S/C19H25I2O2/c1-10-7-14-15-5-6-17(23)19(15,21-2)9-16(20)18(14)12-4-3-11(22)8-13(10)12/h8,10,12,14-16,18H,3-7,9H2,1-2H3/q-1/t10-,12?,14?,15?,16?,18?,19?/m0/s1. The van der Waals surface area contributed by atoms with Crippen LogP contribution < -0.4 is 21.2 Å². The van der Waals surface area contributed by atoms with Crippen molar-refractivity contribution in [3.8, 4) is 0 Å². The molecule has 4 aliphatic rings. The molecule has 0 aromatic rings. The molecule has 0 amide bonds. The maximum absolute atomic E-state index is 12.8. The number of alkyl halides is 3. The van der Waals surface area contributed by atoms with Crippen molar-refractivity contribution in [2.24, 2.45) is 29.6 Å². The molecule has 0 saturated heterocycles. The van der Waals surface area contributed by atoms with E-state index in [1.807, 2.05) is 6.08 Å². The van der Waals surface area contributed by atoms with Gasteiger partial charge in [-0.1, -0.05) is 0 Å². The summed E-state index contributed by atoms with van der Waals surface area (Å²) in [5.41, 5.74) is 1.45. The minimum absolute atomic E-state index is 0.0447. The Balaban J connectivity index is 1.74. The first kappa shape index (κ1) is 17.0. The Hall–Kier alpha value is 0.540. The van der Waals surface area contributed by atoms with E-state index in [1.54, 1.807) is 0 Å². The van der Waals surface area contributed by atoms with Crippen molar-refractivity contribution >= 4 is 34.2 Å². The van der Waals surface area contributed by atoms with Crippen molar-refractivity contribution in [2.45, 2.75) is 52.8 Å². The van der Waals surface area contributed by atoms with E-state index in [0.29, 0.717) is 39.2 Å². The van der Waals surface area contributed by atoms with Gasteiger partial charge in [0, 0.05) is 0 Å². The Morgan fingerprint density at radius 1 is 1.26 bits per heavy atom. The molecule has 23 heavy (non-hydrogen) atoms. The number of halogens is 2. The van der Waals surface area contributed by atoms with Crippen molar-refractivity contribution in [3.63, 3.8) is 0 Å². The number of Topliss-reactive ketones (excluding diaryl/α,β-unsaturated/α-hetero) is 1. The average molecular weight is 539 g/mol. The fourth-order valence-electron chi connectivity index (χ4n) is 6.20. The number of carbonyl (C=O) groups is 2. The van der Waals surface area contributed by atoms with E-state index >= 15 is 0 Å². The van der Waals surface area contributed by atoms with E-state index in [1.165, 1.54) is 12.0 Å². The normalized spacial score (nSPS) is 49.4. The summed E-state index contributed by atoms with van der Waals surface area (Å²) in [4.78, 5) is 27.0. The van der Waals surface area contributed by atoms with Crippen LogP contribution in [0.15, 0.2) is 11.6 Å². The van der Waals surface area contributed by atoms with E-state index in [9.17, 15) is 9.59 Å². The average Bonchev–Trinajstić information content (AvgIpc) is 2.85. The Morgan fingerprint density at radius 2 is 2.04 bits per heavy atom. The van der Waals surface area contributed by atoms with Crippen LogP contribution in [0.2, 0.25) is 0 Å². The minimum atomic E-state index is -0.0447. The molecule has 3 fully saturated rings. The second-order valence-corrected chi connectivity index (χ2v) is 12.6. The predicted molar refractivity (Wildman–Crippen MR) is 95.4 cm³/mol. The summed E-state index contributed by atoms with van der Waals surface area (Å²) in [5.74, 6) is 4.19. The van der Waals surface area contributed by atoms with Gasteiger partial charge in [-0.3, -0.25) is 0 Å². The fourth-order valence-corrected chi connectivity index (χ4v) is 12.1. The Morgan fingerprint density at radius 3 is 2.78 bits per heavy atom. The van der Waals surface area contributed by atoms with Gasteiger partial charge in [0.1, 0.15) is 0 Å². The van der Waals surface area contributed by atoms with Gasteiger partial charge in [0.15, 0.2) is 0 Å². The molecular weight excluding hydrogens is 514 g/mol. The number of hydrogen-bond acceptors (Lipinski definition) is 2. The summed E-state index contributed by atoms with van der Waals surface area (Å²) in [7, 11) is 0. The van der Waals surface area contributed by atoms with E-state index in [-0.39, 0.29) is 24.6 Å². The molecule has 0 radical (unpaired) electrons. The summed E-state index contributed by atoms with van der Waals surface area (Å²) in [5, 5.41) is 0. The van der Waals surface area contributed by atoms with Crippen LogP contribution in [0.1, 0.15) is 45.4 Å². The topological polar surface area (TPSA) is 34.1 Å². The number of ketones is 2. The maximum atomic E-state index is 12.8. The molecule has 0 aliphatic heterocycles. The summed E-state index contributed by atoms with van der Waals surface area (Å²) >= 11 is 2.62. The molecule has 4 aliphatic carbocycles. The summed E-state index contributed by atoms with van der Waals surface area (Å²) in [6, 6.07) is 0. The molecule has 0 aromatic heterocycles. The van der Waals surface area contributed by atoms with Crippen LogP contribution in [0.4, 0.5) is 0 Å². The molecular formula is C19H25I2O2-. The Labute approximate surface area is 163 Å². The number of fused-ring (bicyclic) bond motifs is 5. The summed E-state index contributed by atoms with van der Waals surface area (Å²) < 4.78 is 0.710. The molecule has 6 unspecified atom stereocenters. The molecule has 3 saturated carbocycles. The molecule has 0 bridgehead atoms. The summed E-state index contributed by atoms with van der Waals surface area (Å²) in [6.07, 6.45) is 8.12. The first-order chi connectivity index (χ1) is 11.0.